The molecule has 2 N–H and O–H groups in total. The Morgan fingerprint density at radius 3 is 2.36 bits per heavy atom. The summed E-state index contributed by atoms with van der Waals surface area (Å²) in [5.41, 5.74) is 6.69. The topological polar surface area (TPSA) is 94.0 Å². The second-order valence-electron chi connectivity index (χ2n) is 7.88. The molecule has 4 aromatic rings. The van der Waals surface area contributed by atoms with E-state index < -0.39 is 0 Å². The maximum Gasteiger partial charge on any atom is 0.323 e. The van der Waals surface area contributed by atoms with Gasteiger partial charge in [0.05, 0.1) is 5.69 Å². The molecule has 0 aliphatic carbocycles. The first-order chi connectivity index (χ1) is 15.8. The van der Waals surface area contributed by atoms with Crippen LogP contribution in [0.3, 0.4) is 0 Å². The summed E-state index contributed by atoms with van der Waals surface area (Å²) in [6.07, 6.45) is 1.45. The maximum absolute atomic E-state index is 12.4. The van der Waals surface area contributed by atoms with Gasteiger partial charge in [0.15, 0.2) is 5.82 Å². The van der Waals surface area contributed by atoms with E-state index in [1.807, 2.05) is 52.8 Å². The minimum Gasteiger partial charge on any atom is -0.439 e. The third kappa shape index (κ3) is 4.85. The highest BCUT2D eigenvalue weighted by Crippen LogP contribution is 2.24. The van der Waals surface area contributed by atoms with Crippen molar-refractivity contribution in [1.29, 1.82) is 0 Å². The predicted molar refractivity (Wildman–Crippen MR) is 128 cm³/mol. The molecule has 0 aliphatic heterocycles. The van der Waals surface area contributed by atoms with Crippen molar-refractivity contribution in [3.8, 4) is 17.4 Å². The normalized spacial score (nSPS) is 10.7. The molecule has 0 spiro atoms. The molecule has 4 rings (SSSR count). The van der Waals surface area contributed by atoms with E-state index in [9.17, 15) is 4.79 Å². The van der Waals surface area contributed by atoms with E-state index in [2.05, 4.69) is 25.7 Å². The fraction of sp³-hybridized carbons (Fsp3) is 0.200. The molecule has 0 saturated carbocycles. The van der Waals surface area contributed by atoms with Crippen LogP contribution in [0.2, 0.25) is 0 Å². The van der Waals surface area contributed by atoms with Crippen molar-refractivity contribution in [2.75, 3.05) is 10.6 Å². The number of amides is 2. The zero-order valence-electron chi connectivity index (χ0n) is 19.3. The van der Waals surface area contributed by atoms with Gasteiger partial charge in [-0.25, -0.2) is 19.4 Å². The van der Waals surface area contributed by atoms with Crippen molar-refractivity contribution < 1.29 is 9.53 Å². The fourth-order valence-electron chi connectivity index (χ4n) is 3.34. The number of nitrogens with zero attached hydrogens (tertiary/aromatic N) is 4. The van der Waals surface area contributed by atoms with E-state index in [1.165, 1.54) is 6.33 Å². The molecule has 8 heteroatoms. The number of carbonyl (C=O) groups excluding carboxylic acids is 1. The Bertz CT molecular complexity index is 1310. The lowest BCUT2D eigenvalue weighted by atomic mass is 10.1. The van der Waals surface area contributed by atoms with E-state index in [-0.39, 0.29) is 6.03 Å². The summed E-state index contributed by atoms with van der Waals surface area (Å²) in [6, 6.07) is 14.3. The Hall–Kier alpha value is -4.20. The van der Waals surface area contributed by atoms with Crippen molar-refractivity contribution in [2.24, 2.45) is 0 Å². The molecular formula is C25H26N6O2. The number of rotatable bonds is 5. The third-order valence-electron chi connectivity index (χ3n) is 5.69. The molecule has 168 valence electrons. The first kappa shape index (κ1) is 22.0. The van der Waals surface area contributed by atoms with Crippen LogP contribution in [0, 0.1) is 34.6 Å². The highest BCUT2D eigenvalue weighted by Gasteiger charge is 2.12. The molecule has 0 unspecified atom stereocenters. The van der Waals surface area contributed by atoms with E-state index in [1.54, 1.807) is 35.0 Å². The van der Waals surface area contributed by atoms with Crippen molar-refractivity contribution in [3.05, 3.63) is 82.9 Å². The van der Waals surface area contributed by atoms with Crippen LogP contribution < -0.4 is 15.4 Å². The zero-order valence-corrected chi connectivity index (χ0v) is 19.3. The van der Waals surface area contributed by atoms with Crippen LogP contribution in [0.5, 0.6) is 11.6 Å². The summed E-state index contributed by atoms with van der Waals surface area (Å²) in [5.74, 6) is 1.62. The third-order valence-corrected chi connectivity index (χ3v) is 5.69. The van der Waals surface area contributed by atoms with Crippen LogP contribution in [-0.4, -0.2) is 25.8 Å². The largest absolute Gasteiger partial charge is 0.439 e. The van der Waals surface area contributed by atoms with Gasteiger partial charge in [-0.15, -0.1) is 0 Å². The molecule has 0 aliphatic rings. The summed E-state index contributed by atoms with van der Waals surface area (Å²) in [7, 11) is 0. The minimum atomic E-state index is -0.307. The fourth-order valence-corrected chi connectivity index (χ4v) is 3.34. The summed E-state index contributed by atoms with van der Waals surface area (Å²) in [4.78, 5) is 20.9. The summed E-state index contributed by atoms with van der Waals surface area (Å²) >= 11 is 0. The number of hydrogen-bond donors (Lipinski definition) is 2. The molecule has 2 aromatic carbocycles. The Labute approximate surface area is 192 Å². The Balaban J connectivity index is 1.42. The summed E-state index contributed by atoms with van der Waals surface area (Å²) < 4.78 is 7.66. The number of hydrogen-bond acceptors (Lipinski definition) is 5. The molecule has 0 bridgehead atoms. The van der Waals surface area contributed by atoms with Gasteiger partial charge in [-0.05, 0) is 81.6 Å². The molecule has 2 aromatic heterocycles. The molecule has 0 radical (unpaired) electrons. The van der Waals surface area contributed by atoms with Crippen LogP contribution in [-0.2, 0) is 0 Å². The molecule has 0 fully saturated rings. The standard InChI is InChI=1S/C25H26N6O2/c1-15-7-6-8-22(16(15)2)29-25(32)28-20-9-11-21(12-10-20)33-24-13-23(26-14-27-24)31-19(5)17(3)18(4)30-31/h6-14H,1-5H3,(H2,28,29,32). The van der Waals surface area contributed by atoms with E-state index in [4.69, 9.17) is 4.74 Å². The van der Waals surface area contributed by atoms with Crippen LogP contribution in [0.4, 0.5) is 16.2 Å². The smallest absolute Gasteiger partial charge is 0.323 e. The van der Waals surface area contributed by atoms with Gasteiger partial charge < -0.3 is 15.4 Å². The SMILES string of the molecule is Cc1cccc(NC(=O)Nc2ccc(Oc3cc(-n4nc(C)c(C)c4C)ncn3)cc2)c1C. The lowest BCUT2D eigenvalue weighted by Gasteiger charge is -2.12. The zero-order chi connectivity index (χ0) is 23.5. The van der Waals surface area contributed by atoms with Crippen molar-refractivity contribution in [3.63, 3.8) is 0 Å². The maximum atomic E-state index is 12.4. The average molecular weight is 443 g/mol. The molecule has 33 heavy (non-hydrogen) atoms. The van der Waals surface area contributed by atoms with Crippen LogP contribution in [0.25, 0.3) is 5.82 Å². The van der Waals surface area contributed by atoms with E-state index in [0.29, 0.717) is 23.1 Å². The number of benzene rings is 2. The quantitative estimate of drug-likeness (QED) is 0.417. The summed E-state index contributed by atoms with van der Waals surface area (Å²) in [6.45, 7) is 9.99. The number of carbonyl (C=O) groups is 1. The molecule has 0 saturated heterocycles. The van der Waals surface area contributed by atoms with E-state index in [0.717, 1.165) is 33.8 Å². The number of nitrogens with one attached hydrogen (secondary N) is 2. The molecule has 8 nitrogen and oxygen atoms in total. The highest BCUT2D eigenvalue weighted by molar-refractivity contribution is 6.00. The lowest BCUT2D eigenvalue weighted by molar-refractivity contribution is 0.262. The monoisotopic (exact) mass is 442 g/mol. The van der Waals surface area contributed by atoms with Gasteiger partial charge in [0.25, 0.3) is 0 Å². The van der Waals surface area contributed by atoms with Gasteiger partial charge in [-0.3, -0.25) is 0 Å². The van der Waals surface area contributed by atoms with Gasteiger partial charge in [0, 0.05) is 23.1 Å². The number of urea groups is 1. The highest BCUT2D eigenvalue weighted by atomic mass is 16.5. The molecular weight excluding hydrogens is 416 g/mol. The van der Waals surface area contributed by atoms with Gasteiger partial charge in [0.2, 0.25) is 5.88 Å². The number of aromatic nitrogens is 4. The number of anilines is 2. The Morgan fingerprint density at radius 2 is 1.67 bits per heavy atom. The average Bonchev–Trinajstić information content (AvgIpc) is 3.06. The van der Waals surface area contributed by atoms with Crippen LogP contribution >= 0.6 is 0 Å². The first-order valence-corrected chi connectivity index (χ1v) is 10.6. The number of ether oxygens (including phenoxy) is 1. The Kier molecular flexibility index (Phi) is 6.08. The Morgan fingerprint density at radius 1 is 0.909 bits per heavy atom. The van der Waals surface area contributed by atoms with Gasteiger partial charge >= 0.3 is 6.03 Å². The first-order valence-electron chi connectivity index (χ1n) is 10.6. The molecule has 2 heterocycles. The predicted octanol–water partition coefficient (Wildman–Crippen LogP) is 5.64. The van der Waals surface area contributed by atoms with Gasteiger partial charge in [-0.1, -0.05) is 12.1 Å². The second-order valence-corrected chi connectivity index (χ2v) is 7.88. The number of aryl methyl sites for hydroxylation is 2. The van der Waals surface area contributed by atoms with Crippen molar-refractivity contribution in [1.82, 2.24) is 19.7 Å². The minimum absolute atomic E-state index is 0.307. The van der Waals surface area contributed by atoms with Crippen molar-refractivity contribution in [2.45, 2.75) is 34.6 Å². The van der Waals surface area contributed by atoms with Crippen molar-refractivity contribution >= 4 is 17.4 Å². The van der Waals surface area contributed by atoms with Crippen LogP contribution in [0.1, 0.15) is 28.1 Å². The lowest BCUT2D eigenvalue weighted by Crippen LogP contribution is -2.20. The molecule has 0 atom stereocenters. The van der Waals surface area contributed by atoms with Gasteiger partial charge in [-0.2, -0.15) is 5.10 Å². The van der Waals surface area contributed by atoms with Crippen LogP contribution in [0.15, 0.2) is 54.9 Å². The van der Waals surface area contributed by atoms with E-state index >= 15 is 0 Å². The van der Waals surface area contributed by atoms with Gasteiger partial charge in [0.1, 0.15) is 12.1 Å². The summed E-state index contributed by atoms with van der Waals surface area (Å²) in [5, 5.41) is 10.2. The molecule has 2 amide bonds. The second kappa shape index (κ2) is 9.12.